The largest absolute Gasteiger partial charge is 0.334 e. The highest BCUT2D eigenvalue weighted by atomic mass is 79.9. The Kier molecular flexibility index (Phi) is 5.29. The molecule has 2 nitrogen and oxygen atoms in total. The number of unbranched alkanes of at least 4 members (excludes halogenated alkanes) is 1. The second kappa shape index (κ2) is 6.26. The Morgan fingerprint density at radius 1 is 1.62 bits per heavy atom. The Hall–Kier alpha value is -0.540. The number of aryl methyl sites for hydroxylation is 1. The fourth-order valence-corrected chi connectivity index (χ4v) is 2.30. The van der Waals surface area contributed by atoms with Crippen LogP contribution in [0.5, 0.6) is 0 Å². The fourth-order valence-electron chi connectivity index (χ4n) is 1.34. The van der Waals surface area contributed by atoms with Gasteiger partial charge in [-0.25, -0.2) is 4.99 Å². The third-order valence-electron chi connectivity index (χ3n) is 2.14. The van der Waals surface area contributed by atoms with E-state index in [-0.39, 0.29) is 0 Å². The first kappa shape index (κ1) is 13.5. The van der Waals surface area contributed by atoms with Gasteiger partial charge in [0.05, 0.1) is 5.02 Å². The van der Waals surface area contributed by atoms with Crippen LogP contribution in [0.3, 0.4) is 0 Å². The summed E-state index contributed by atoms with van der Waals surface area (Å²) in [6.07, 6.45) is 6.25. The van der Waals surface area contributed by atoms with Crippen LogP contribution in [0.1, 0.15) is 26.7 Å². The SMILES string of the molecule is CCC/C=C(\C)N=c1c(Cl)cc(Br)cn1C. The van der Waals surface area contributed by atoms with Crippen molar-refractivity contribution in [1.82, 2.24) is 4.57 Å². The Morgan fingerprint density at radius 3 is 2.88 bits per heavy atom. The van der Waals surface area contributed by atoms with Gasteiger partial charge in [0.15, 0.2) is 5.49 Å². The van der Waals surface area contributed by atoms with Gasteiger partial charge in [-0.15, -0.1) is 0 Å². The third kappa shape index (κ3) is 3.80. The lowest BCUT2D eigenvalue weighted by molar-refractivity contribution is 0.820. The summed E-state index contributed by atoms with van der Waals surface area (Å²) in [6.45, 7) is 4.14. The van der Waals surface area contributed by atoms with Crippen LogP contribution in [0, 0.1) is 0 Å². The van der Waals surface area contributed by atoms with Crippen molar-refractivity contribution < 1.29 is 0 Å². The van der Waals surface area contributed by atoms with E-state index in [0.29, 0.717) is 5.02 Å². The highest BCUT2D eigenvalue weighted by Crippen LogP contribution is 2.12. The van der Waals surface area contributed by atoms with Crippen LogP contribution in [0.25, 0.3) is 0 Å². The number of rotatable bonds is 3. The highest BCUT2D eigenvalue weighted by molar-refractivity contribution is 9.10. The quantitative estimate of drug-likeness (QED) is 0.802. The lowest BCUT2D eigenvalue weighted by Gasteiger charge is -2.03. The van der Waals surface area contributed by atoms with Crippen LogP contribution in [-0.2, 0) is 7.05 Å². The van der Waals surface area contributed by atoms with Gasteiger partial charge in [0.25, 0.3) is 0 Å². The number of pyridine rings is 1. The van der Waals surface area contributed by atoms with Gasteiger partial charge in [-0.3, -0.25) is 0 Å². The highest BCUT2D eigenvalue weighted by Gasteiger charge is 1.98. The lowest BCUT2D eigenvalue weighted by atomic mass is 10.3. The average Bonchev–Trinajstić information content (AvgIpc) is 2.20. The molecule has 0 aliphatic heterocycles. The molecule has 0 atom stereocenters. The Labute approximate surface area is 110 Å². The zero-order valence-electron chi connectivity index (χ0n) is 9.80. The predicted molar refractivity (Wildman–Crippen MR) is 72.4 cm³/mol. The second-order valence-corrected chi connectivity index (χ2v) is 5.01. The van der Waals surface area contributed by atoms with E-state index in [0.717, 1.165) is 28.5 Å². The number of nitrogens with zero attached hydrogens (tertiary/aromatic N) is 2. The number of halogens is 2. The molecule has 16 heavy (non-hydrogen) atoms. The summed E-state index contributed by atoms with van der Waals surface area (Å²) in [4.78, 5) is 4.51. The standard InChI is InChI=1S/C12H16BrClN2/c1-4-5-6-9(2)15-12-11(14)7-10(13)8-16(12)3/h6-8H,4-5H2,1-3H3/b9-6+,15-12?. The summed E-state index contributed by atoms with van der Waals surface area (Å²) in [5.41, 5.74) is 1.79. The van der Waals surface area contributed by atoms with Gasteiger partial charge in [-0.1, -0.05) is 31.0 Å². The summed E-state index contributed by atoms with van der Waals surface area (Å²) >= 11 is 9.53. The van der Waals surface area contributed by atoms with Gasteiger partial charge in [-0.2, -0.15) is 0 Å². The molecular weight excluding hydrogens is 288 g/mol. The van der Waals surface area contributed by atoms with Crippen LogP contribution in [-0.4, -0.2) is 4.57 Å². The Balaban J connectivity index is 3.18. The summed E-state index contributed by atoms with van der Waals surface area (Å²) < 4.78 is 2.87. The lowest BCUT2D eigenvalue weighted by Crippen LogP contribution is -2.18. The minimum Gasteiger partial charge on any atom is -0.334 e. The molecule has 1 aromatic rings. The first-order chi connectivity index (χ1) is 7.54. The molecule has 1 rings (SSSR count). The monoisotopic (exact) mass is 302 g/mol. The number of allylic oxidation sites excluding steroid dienone is 2. The molecule has 0 bridgehead atoms. The second-order valence-electron chi connectivity index (χ2n) is 3.69. The maximum absolute atomic E-state index is 6.14. The van der Waals surface area contributed by atoms with Gasteiger partial charge in [0.1, 0.15) is 0 Å². The van der Waals surface area contributed by atoms with Gasteiger partial charge in [0.2, 0.25) is 0 Å². The number of hydrogen-bond donors (Lipinski definition) is 0. The summed E-state index contributed by atoms with van der Waals surface area (Å²) in [6, 6.07) is 1.85. The zero-order valence-corrected chi connectivity index (χ0v) is 12.1. The van der Waals surface area contributed by atoms with Crippen molar-refractivity contribution >= 4 is 27.5 Å². The van der Waals surface area contributed by atoms with Crippen LogP contribution in [0.2, 0.25) is 5.02 Å². The van der Waals surface area contributed by atoms with Gasteiger partial charge >= 0.3 is 0 Å². The zero-order chi connectivity index (χ0) is 12.1. The van der Waals surface area contributed by atoms with E-state index in [2.05, 4.69) is 33.9 Å². The van der Waals surface area contributed by atoms with E-state index in [1.54, 1.807) is 0 Å². The van der Waals surface area contributed by atoms with Crippen molar-refractivity contribution in [2.24, 2.45) is 12.0 Å². The molecule has 0 saturated carbocycles. The van der Waals surface area contributed by atoms with Crippen molar-refractivity contribution in [3.8, 4) is 0 Å². The maximum Gasteiger partial charge on any atom is 0.151 e. The topological polar surface area (TPSA) is 17.3 Å². The van der Waals surface area contributed by atoms with Gasteiger partial charge < -0.3 is 4.57 Å². The Bertz CT molecular complexity index is 434. The third-order valence-corrected chi connectivity index (χ3v) is 2.85. The molecule has 4 heteroatoms. The molecule has 0 unspecified atom stereocenters. The number of aromatic nitrogens is 1. The maximum atomic E-state index is 6.14. The van der Waals surface area contributed by atoms with E-state index in [1.165, 1.54) is 0 Å². The van der Waals surface area contributed by atoms with Crippen LogP contribution in [0.15, 0.2) is 33.5 Å². The molecule has 0 radical (unpaired) electrons. The van der Waals surface area contributed by atoms with Crippen molar-refractivity contribution in [3.05, 3.63) is 39.0 Å². The van der Waals surface area contributed by atoms with Crippen LogP contribution in [0.4, 0.5) is 0 Å². The Morgan fingerprint density at radius 2 is 2.31 bits per heavy atom. The summed E-state index contributed by atoms with van der Waals surface area (Å²) in [5, 5.41) is 0.654. The minimum absolute atomic E-state index is 0.654. The first-order valence-electron chi connectivity index (χ1n) is 5.27. The minimum atomic E-state index is 0.654. The van der Waals surface area contributed by atoms with Crippen molar-refractivity contribution in [1.29, 1.82) is 0 Å². The van der Waals surface area contributed by atoms with E-state index in [1.807, 2.05) is 30.8 Å². The van der Waals surface area contributed by atoms with E-state index in [9.17, 15) is 0 Å². The van der Waals surface area contributed by atoms with Crippen LogP contribution >= 0.6 is 27.5 Å². The molecular formula is C12H16BrClN2. The average molecular weight is 304 g/mol. The first-order valence-corrected chi connectivity index (χ1v) is 6.45. The number of hydrogen-bond acceptors (Lipinski definition) is 1. The van der Waals surface area contributed by atoms with E-state index in [4.69, 9.17) is 11.6 Å². The molecule has 0 spiro atoms. The summed E-state index contributed by atoms with van der Waals surface area (Å²) in [5.74, 6) is 0. The molecule has 0 aliphatic rings. The summed E-state index contributed by atoms with van der Waals surface area (Å²) in [7, 11) is 1.93. The molecule has 0 amide bonds. The molecule has 88 valence electrons. The molecule has 1 heterocycles. The molecule has 0 aliphatic carbocycles. The predicted octanol–water partition coefficient (Wildman–Crippen LogP) is 4.05. The van der Waals surface area contributed by atoms with Gasteiger partial charge in [-0.05, 0) is 35.3 Å². The van der Waals surface area contributed by atoms with Crippen molar-refractivity contribution in [2.75, 3.05) is 0 Å². The van der Waals surface area contributed by atoms with Crippen molar-refractivity contribution in [2.45, 2.75) is 26.7 Å². The normalized spacial score (nSPS) is 13.3. The van der Waals surface area contributed by atoms with Crippen LogP contribution < -0.4 is 5.49 Å². The van der Waals surface area contributed by atoms with E-state index >= 15 is 0 Å². The van der Waals surface area contributed by atoms with E-state index < -0.39 is 0 Å². The fraction of sp³-hybridized carbons (Fsp3) is 0.417. The smallest absolute Gasteiger partial charge is 0.151 e. The molecule has 0 N–H and O–H groups in total. The molecule has 0 saturated heterocycles. The van der Waals surface area contributed by atoms with Crippen molar-refractivity contribution in [3.63, 3.8) is 0 Å². The molecule has 1 aromatic heterocycles. The molecule has 0 fully saturated rings. The molecule has 0 aromatic carbocycles. The van der Waals surface area contributed by atoms with Gasteiger partial charge in [0, 0.05) is 23.4 Å².